The van der Waals surface area contributed by atoms with E-state index in [2.05, 4.69) is 15.9 Å². The number of hydrogen-bond donors (Lipinski definition) is 0. The zero-order chi connectivity index (χ0) is 23.4. The monoisotopic (exact) mass is 539 g/mol. The van der Waals surface area contributed by atoms with Gasteiger partial charge in [0.25, 0.3) is 5.91 Å². The molecule has 0 aromatic heterocycles. The lowest BCUT2D eigenvalue weighted by atomic mass is 10.1. The molecule has 0 atom stereocenters. The number of halogens is 1. The van der Waals surface area contributed by atoms with Crippen molar-refractivity contribution in [1.82, 2.24) is 4.90 Å². The van der Waals surface area contributed by atoms with Crippen LogP contribution in [-0.2, 0) is 17.9 Å². The van der Waals surface area contributed by atoms with Crippen molar-refractivity contribution in [2.24, 2.45) is 0 Å². The Morgan fingerprint density at radius 3 is 2.48 bits per heavy atom. The van der Waals surface area contributed by atoms with Crippen molar-refractivity contribution in [1.29, 1.82) is 0 Å². The van der Waals surface area contributed by atoms with Crippen LogP contribution >= 0.6 is 39.9 Å². The van der Waals surface area contributed by atoms with Gasteiger partial charge in [0, 0.05) is 0 Å². The summed E-state index contributed by atoms with van der Waals surface area (Å²) in [6.45, 7) is 2.92. The lowest BCUT2D eigenvalue weighted by molar-refractivity contribution is -0.122. The smallest absolute Gasteiger partial charge is 0.266 e. The third-order valence-corrected chi connectivity index (χ3v) is 7.08. The number of hydrogen-bond acceptors (Lipinski definition) is 5. The highest BCUT2D eigenvalue weighted by Gasteiger charge is 2.32. The highest BCUT2D eigenvalue weighted by atomic mass is 79.9. The molecule has 1 aliphatic rings. The van der Waals surface area contributed by atoms with Gasteiger partial charge in [-0.3, -0.25) is 9.69 Å². The molecule has 3 aromatic rings. The quantitative estimate of drug-likeness (QED) is 0.245. The number of benzene rings is 3. The van der Waals surface area contributed by atoms with Gasteiger partial charge in [-0.15, -0.1) is 0 Å². The molecule has 0 N–H and O–H groups in total. The fourth-order valence-electron chi connectivity index (χ4n) is 3.36. The number of thioether (sulfide) groups is 1. The highest BCUT2D eigenvalue weighted by molar-refractivity contribution is 9.10. The number of nitrogens with zero attached hydrogens (tertiary/aromatic N) is 1. The molecular formula is C26H22BrNO3S2. The van der Waals surface area contributed by atoms with Crippen LogP contribution in [0.25, 0.3) is 6.08 Å². The molecule has 0 unspecified atom stereocenters. The van der Waals surface area contributed by atoms with Crippen LogP contribution in [0.2, 0.25) is 0 Å². The Kier molecular flexibility index (Phi) is 7.53. The van der Waals surface area contributed by atoms with E-state index >= 15 is 0 Å². The van der Waals surface area contributed by atoms with Gasteiger partial charge in [-0.05, 0) is 57.8 Å². The first-order chi connectivity index (χ1) is 15.9. The van der Waals surface area contributed by atoms with Crippen molar-refractivity contribution in [3.63, 3.8) is 0 Å². The first kappa shape index (κ1) is 23.5. The summed E-state index contributed by atoms with van der Waals surface area (Å²) in [5.74, 6) is 1.11. The van der Waals surface area contributed by atoms with Gasteiger partial charge in [-0.25, -0.2) is 0 Å². The van der Waals surface area contributed by atoms with Crippen LogP contribution in [0.3, 0.4) is 0 Å². The summed E-state index contributed by atoms with van der Waals surface area (Å²) in [4.78, 5) is 15.3. The number of rotatable bonds is 7. The zero-order valence-electron chi connectivity index (χ0n) is 18.2. The second kappa shape index (κ2) is 10.5. The number of ether oxygens (including phenoxy) is 2. The van der Waals surface area contributed by atoms with Gasteiger partial charge in [0.15, 0.2) is 11.5 Å². The summed E-state index contributed by atoms with van der Waals surface area (Å²) in [5.41, 5.74) is 4.11. The number of amides is 1. The summed E-state index contributed by atoms with van der Waals surface area (Å²) in [6, 6.07) is 21.8. The Balaban J connectivity index is 1.53. The van der Waals surface area contributed by atoms with Gasteiger partial charge in [-0.1, -0.05) is 84.1 Å². The second-order valence-electron chi connectivity index (χ2n) is 7.56. The van der Waals surface area contributed by atoms with E-state index in [0.717, 1.165) is 21.2 Å². The van der Waals surface area contributed by atoms with E-state index in [1.807, 2.05) is 79.7 Å². The van der Waals surface area contributed by atoms with Crippen molar-refractivity contribution < 1.29 is 14.3 Å². The first-order valence-electron chi connectivity index (χ1n) is 10.3. The molecule has 7 heteroatoms. The normalized spacial score (nSPS) is 14.8. The van der Waals surface area contributed by atoms with E-state index in [1.54, 1.807) is 12.0 Å². The van der Waals surface area contributed by atoms with Crippen LogP contribution < -0.4 is 9.47 Å². The van der Waals surface area contributed by atoms with Crippen molar-refractivity contribution in [3.05, 3.63) is 98.4 Å². The summed E-state index contributed by atoms with van der Waals surface area (Å²) in [5, 5.41) is 0. The van der Waals surface area contributed by atoms with Crippen LogP contribution in [0, 0.1) is 6.92 Å². The molecule has 4 nitrogen and oxygen atoms in total. The summed E-state index contributed by atoms with van der Waals surface area (Å²) in [6.07, 6.45) is 1.84. The Labute approximate surface area is 211 Å². The van der Waals surface area contributed by atoms with Gasteiger partial charge >= 0.3 is 0 Å². The molecular weight excluding hydrogens is 518 g/mol. The van der Waals surface area contributed by atoms with E-state index < -0.39 is 0 Å². The zero-order valence-corrected chi connectivity index (χ0v) is 21.4. The maximum Gasteiger partial charge on any atom is 0.266 e. The van der Waals surface area contributed by atoms with Crippen molar-refractivity contribution in [2.75, 3.05) is 7.11 Å². The Hall–Kier alpha value is -2.61. The van der Waals surface area contributed by atoms with Gasteiger partial charge in [0.2, 0.25) is 0 Å². The molecule has 0 spiro atoms. The van der Waals surface area contributed by atoms with E-state index in [9.17, 15) is 4.79 Å². The minimum Gasteiger partial charge on any atom is -0.493 e. The SMILES string of the molecule is COc1cc(/C=C2\SC(=S)N(Cc3ccc(C)cc3)C2=O)cc(Br)c1OCc1ccccc1. The predicted molar refractivity (Wildman–Crippen MR) is 141 cm³/mol. The molecule has 4 rings (SSSR count). The largest absolute Gasteiger partial charge is 0.493 e. The maximum absolute atomic E-state index is 13.0. The third-order valence-electron chi connectivity index (χ3n) is 5.11. The Bertz CT molecular complexity index is 1210. The number of carbonyl (C=O) groups is 1. The lowest BCUT2D eigenvalue weighted by Gasteiger charge is -2.15. The summed E-state index contributed by atoms with van der Waals surface area (Å²) in [7, 11) is 1.60. The molecule has 0 aliphatic carbocycles. The Morgan fingerprint density at radius 1 is 1.06 bits per heavy atom. The van der Waals surface area contributed by atoms with Crippen LogP contribution in [0.5, 0.6) is 11.5 Å². The molecule has 3 aromatic carbocycles. The summed E-state index contributed by atoms with van der Waals surface area (Å²) < 4.78 is 12.9. The van der Waals surface area contributed by atoms with E-state index in [0.29, 0.717) is 33.9 Å². The van der Waals surface area contributed by atoms with Crippen molar-refractivity contribution in [3.8, 4) is 11.5 Å². The standard InChI is InChI=1S/C26H22BrNO3S2/c1-17-8-10-18(11-9-17)15-28-25(29)23(33-26(28)32)14-20-12-21(27)24(22(13-20)30-2)31-16-19-6-4-3-5-7-19/h3-14H,15-16H2,1-2H3/b23-14-. The van der Waals surface area contributed by atoms with Gasteiger partial charge in [0.1, 0.15) is 10.9 Å². The lowest BCUT2D eigenvalue weighted by Crippen LogP contribution is -2.27. The Morgan fingerprint density at radius 2 is 1.79 bits per heavy atom. The average Bonchev–Trinajstić information content (AvgIpc) is 3.07. The minimum absolute atomic E-state index is 0.0925. The number of carbonyl (C=O) groups excluding carboxylic acids is 1. The highest BCUT2D eigenvalue weighted by Crippen LogP contribution is 2.39. The average molecular weight is 541 g/mol. The number of thiocarbonyl (C=S) groups is 1. The van der Waals surface area contributed by atoms with Crippen molar-refractivity contribution >= 4 is 56.2 Å². The number of methoxy groups -OCH3 is 1. The number of aryl methyl sites for hydroxylation is 1. The maximum atomic E-state index is 13.0. The van der Waals surface area contributed by atoms with E-state index in [-0.39, 0.29) is 5.91 Å². The topological polar surface area (TPSA) is 38.8 Å². The summed E-state index contributed by atoms with van der Waals surface area (Å²) >= 11 is 10.4. The third kappa shape index (κ3) is 5.66. The van der Waals surface area contributed by atoms with Crippen LogP contribution in [0.4, 0.5) is 0 Å². The molecule has 1 saturated heterocycles. The molecule has 1 amide bonds. The van der Waals surface area contributed by atoms with Crippen molar-refractivity contribution in [2.45, 2.75) is 20.1 Å². The van der Waals surface area contributed by atoms with Gasteiger partial charge in [-0.2, -0.15) is 0 Å². The van der Waals surface area contributed by atoms with Gasteiger partial charge in [0.05, 0.1) is 23.0 Å². The molecule has 1 aliphatic heterocycles. The van der Waals surface area contributed by atoms with E-state index in [1.165, 1.54) is 17.3 Å². The first-order valence-corrected chi connectivity index (χ1v) is 12.3. The van der Waals surface area contributed by atoms with Crippen LogP contribution in [0.1, 0.15) is 22.3 Å². The molecule has 0 radical (unpaired) electrons. The predicted octanol–water partition coefficient (Wildman–Crippen LogP) is 6.75. The fourth-order valence-corrected chi connectivity index (χ4v) is 5.19. The molecule has 168 valence electrons. The molecule has 33 heavy (non-hydrogen) atoms. The minimum atomic E-state index is -0.0925. The van der Waals surface area contributed by atoms with E-state index in [4.69, 9.17) is 21.7 Å². The molecule has 0 bridgehead atoms. The molecule has 1 fully saturated rings. The van der Waals surface area contributed by atoms with Gasteiger partial charge < -0.3 is 9.47 Å². The van der Waals surface area contributed by atoms with Crippen LogP contribution in [-0.4, -0.2) is 22.2 Å². The fraction of sp³-hybridized carbons (Fsp3) is 0.154. The van der Waals surface area contributed by atoms with Crippen LogP contribution in [0.15, 0.2) is 76.1 Å². The second-order valence-corrected chi connectivity index (χ2v) is 10.1. The molecule has 1 heterocycles. The molecule has 0 saturated carbocycles.